The second-order valence-corrected chi connectivity index (χ2v) is 6.26. The van der Waals surface area contributed by atoms with E-state index in [1.807, 2.05) is 30.3 Å². The summed E-state index contributed by atoms with van der Waals surface area (Å²) in [7, 11) is 0. The van der Waals surface area contributed by atoms with Gasteiger partial charge in [0, 0.05) is 0 Å². The Hall–Kier alpha value is -3.94. The number of hydrogen-bond donors (Lipinski definition) is 3. The van der Waals surface area contributed by atoms with E-state index in [-0.39, 0.29) is 18.5 Å². The van der Waals surface area contributed by atoms with Gasteiger partial charge in [-0.1, -0.05) is 42.5 Å². The van der Waals surface area contributed by atoms with E-state index in [2.05, 4.69) is 20.4 Å². The average Bonchev–Trinajstić information content (AvgIpc) is 3.20. The van der Waals surface area contributed by atoms with Crippen molar-refractivity contribution < 1.29 is 4.79 Å². The summed E-state index contributed by atoms with van der Waals surface area (Å²) in [5.41, 5.74) is 1.00. The molecule has 4 rings (SSSR count). The van der Waals surface area contributed by atoms with Crippen molar-refractivity contribution in [2.75, 3.05) is 0 Å². The van der Waals surface area contributed by atoms with Crippen LogP contribution in [0.25, 0.3) is 22.0 Å². The van der Waals surface area contributed by atoms with Crippen LogP contribution in [0.4, 0.5) is 0 Å². The van der Waals surface area contributed by atoms with Gasteiger partial charge in [0.2, 0.25) is 5.91 Å². The maximum Gasteiger partial charge on any atom is 0.273 e. The lowest BCUT2D eigenvalue weighted by Gasteiger charge is -2.07. The highest BCUT2D eigenvalue weighted by molar-refractivity contribution is 5.81. The summed E-state index contributed by atoms with van der Waals surface area (Å²) < 4.78 is 1.01. The molecule has 0 radical (unpaired) electrons. The number of aromatic amines is 2. The molecule has 0 saturated heterocycles. The lowest BCUT2D eigenvalue weighted by molar-refractivity contribution is -0.122. The summed E-state index contributed by atoms with van der Waals surface area (Å²) in [6, 6.07) is 16.2. The Bertz CT molecular complexity index is 1250. The van der Waals surface area contributed by atoms with Crippen LogP contribution in [0.2, 0.25) is 0 Å². The van der Waals surface area contributed by atoms with Gasteiger partial charge in [0.15, 0.2) is 0 Å². The van der Waals surface area contributed by atoms with E-state index in [1.165, 1.54) is 0 Å². The molecule has 8 nitrogen and oxygen atoms in total. The van der Waals surface area contributed by atoms with E-state index in [0.717, 1.165) is 15.9 Å². The van der Waals surface area contributed by atoms with Crippen LogP contribution in [0.5, 0.6) is 0 Å². The summed E-state index contributed by atoms with van der Waals surface area (Å²) in [6.45, 7) is -0.108. The first kappa shape index (κ1) is 17.5. The quantitative estimate of drug-likeness (QED) is 0.489. The van der Waals surface area contributed by atoms with Crippen molar-refractivity contribution in [1.82, 2.24) is 25.1 Å². The summed E-state index contributed by atoms with van der Waals surface area (Å²) >= 11 is 0. The number of hydrogen-bond acceptors (Lipinski definition) is 4. The van der Waals surface area contributed by atoms with Crippen molar-refractivity contribution in [2.24, 2.45) is 0 Å². The van der Waals surface area contributed by atoms with Crippen molar-refractivity contribution in [2.45, 2.75) is 13.1 Å². The topological polar surface area (TPSA) is 113 Å². The number of H-pyrrole nitrogens is 2. The molecule has 0 unspecified atom stereocenters. The van der Waals surface area contributed by atoms with E-state index in [9.17, 15) is 14.4 Å². The monoisotopic (exact) mass is 375 g/mol. The number of imidazole rings is 1. The standard InChI is InChI=1S/C20H17N5O3/c26-18(12-25-20(28)15-9-5-4-8-14(15)19(27)24-25)22-11-17-21-10-16(23-17)13-6-2-1-3-7-13/h1-10H,11-12H2,(H,21,23)(H,22,26)(H,24,27). The predicted molar refractivity (Wildman–Crippen MR) is 105 cm³/mol. The molecule has 0 bridgehead atoms. The fraction of sp³-hybridized carbons (Fsp3) is 0.100. The molecular weight excluding hydrogens is 358 g/mol. The first-order chi connectivity index (χ1) is 13.6. The molecule has 0 atom stereocenters. The number of carbonyl (C=O) groups excluding carboxylic acids is 1. The highest BCUT2D eigenvalue weighted by atomic mass is 16.2. The van der Waals surface area contributed by atoms with Gasteiger partial charge in [-0.05, 0) is 17.7 Å². The van der Waals surface area contributed by atoms with Gasteiger partial charge >= 0.3 is 0 Å². The Morgan fingerprint density at radius 2 is 1.71 bits per heavy atom. The third-order valence-electron chi connectivity index (χ3n) is 4.35. The largest absolute Gasteiger partial charge is 0.347 e. The van der Waals surface area contributed by atoms with E-state index in [0.29, 0.717) is 11.2 Å². The van der Waals surface area contributed by atoms with Crippen molar-refractivity contribution in [3.8, 4) is 11.3 Å². The van der Waals surface area contributed by atoms with Crippen LogP contribution in [-0.4, -0.2) is 25.7 Å². The minimum atomic E-state index is -0.422. The second-order valence-electron chi connectivity index (χ2n) is 6.26. The van der Waals surface area contributed by atoms with E-state index >= 15 is 0 Å². The van der Waals surface area contributed by atoms with Crippen molar-refractivity contribution >= 4 is 16.7 Å². The molecule has 1 amide bonds. The first-order valence-corrected chi connectivity index (χ1v) is 8.69. The van der Waals surface area contributed by atoms with Gasteiger partial charge in [-0.25, -0.2) is 9.67 Å². The average molecular weight is 375 g/mol. The highest BCUT2D eigenvalue weighted by Crippen LogP contribution is 2.15. The van der Waals surface area contributed by atoms with Crippen LogP contribution in [-0.2, 0) is 17.9 Å². The number of rotatable bonds is 5. The van der Waals surface area contributed by atoms with Gasteiger partial charge in [-0.15, -0.1) is 0 Å². The van der Waals surface area contributed by atoms with Gasteiger partial charge in [0.1, 0.15) is 12.4 Å². The predicted octanol–water partition coefficient (Wildman–Crippen LogP) is 1.40. The number of nitrogens with one attached hydrogen (secondary N) is 3. The van der Waals surface area contributed by atoms with E-state index in [1.54, 1.807) is 30.5 Å². The fourth-order valence-electron chi connectivity index (χ4n) is 2.96. The number of nitrogens with zero attached hydrogens (tertiary/aromatic N) is 2. The lowest BCUT2D eigenvalue weighted by atomic mass is 10.2. The zero-order chi connectivity index (χ0) is 19.5. The molecule has 0 fully saturated rings. The van der Waals surface area contributed by atoms with Crippen LogP contribution in [0.15, 0.2) is 70.4 Å². The van der Waals surface area contributed by atoms with Crippen molar-refractivity contribution in [3.63, 3.8) is 0 Å². The molecule has 2 aromatic heterocycles. The normalized spacial score (nSPS) is 10.9. The van der Waals surface area contributed by atoms with Crippen LogP contribution >= 0.6 is 0 Å². The Morgan fingerprint density at radius 3 is 2.50 bits per heavy atom. The summed E-state index contributed by atoms with van der Waals surface area (Å²) in [5, 5.41) is 5.70. The molecule has 8 heteroatoms. The number of amides is 1. The maximum absolute atomic E-state index is 12.4. The summed E-state index contributed by atoms with van der Waals surface area (Å²) in [5.74, 6) is 0.178. The smallest absolute Gasteiger partial charge is 0.273 e. The number of fused-ring (bicyclic) bond motifs is 1. The summed E-state index contributed by atoms with van der Waals surface area (Å²) in [6.07, 6.45) is 1.70. The Kier molecular flexibility index (Phi) is 4.59. The van der Waals surface area contributed by atoms with Gasteiger partial charge in [0.25, 0.3) is 11.1 Å². The minimum absolute atomic E-state index is 0.179. The van der Waals surface area contributed by atoms with E-state index in [4.69, 9.17) is 0 Å². The number of carbonyl (C=O) groups is 1. The van der Waals surface area contributed by atoms with E-state index < -0.39 is 17.0 Å². The van der Waals surface area contributed by atoms with Gasteiger partial charge in [0.05, 0.1) is 29.2 Å². The van der Waals surface area contributed by atoms with Crippen LogP contribution in [0.3, 0.4) is 0 Å². The zero-order valence-corrected chi connectivity index (χ0v) is 14.8. The summed E-state index contributed by atoms with van der Waals surface area (Å²) in [4.78, 5) is 44.1. The molecule has 0 aliphatic rings. The Labute approximate surface area is 158 Å². The molecule has 0 spiro atoms. The second kappa shape index (κ2) is 7.36. The molecule has 28 heavy (non-hydrogen) atoms. The number of aromatic nitrogens is 4. The molecule has 140 valence electrons. The molecule has 4 aromatic rings. The Balaban J connectivity index is 1.45. The van der Waals surface area contributed by atoms with Crippen LogP contribution in [0, 0.1) is 0 Å². The molecule has 0 aliphatic carbocycles. The highest BCUT2D eigenvalue weighted by Gasteiger charge is 2.11. The van der Waals surface area contributed by atoms with Gasteiger partial charge < -0.3 is 10.3 Å². The molecule has 0 saturated carbocycles. The molecule has 2 aromatic carbocycles. The lowest BCUT2D eigenvalue weighted by Crippen LogP contribution is -2.36. The third kappa shape index (κ3) is 3.48. The third-order valence-corrected chi connectivity index (χ3v) is 4.35. The Morgan fingerprint density at radius 1 is 1.00 bits per heavy atom. The van der Waals surface area contributed by atoms with Crippen LogP contribution < -0.4 is 16.4 Å². The van der Waals surface area contributed by atoms with Crippen molar-refractivity contribution in [3.05, 3.63) is 87.3 Å². The fourth-order valence-corrected chi connectivity index (χ4v) is 2.96. The van der Waals surface area contributed by atoms with Crippen LogP contribution in [0.1, 0.15) is 5.82 Å². The molecule has 3 N–H and O–H groups in total. The minimum Gasteiger partial charge on any atom is -0.347 e. The SMILES string of the molecule is O=C(Cn1[nH]c(=O)c2ccccc2c1=O)NCc1ncc(-c2ccccc2)[nH]1. The van der Waals surface area contributed by atoms with Gasteiger partial charge in [-0.2, -0.15) is 0 Å². The zero-order valence-electron chi connectivity index (χ0n) is 14.8. The number of benzene rings is 2. The molecule has 2 heterocycles. The molecule has 0 aliphatic heterocycles. The first-order valence-electron chi connectivity index (χ1n) is 8.69. The van der Waals surface area contributed by atoms with Gasteiger partial charge in [-0.3, -0.25) is 19.5 Å². The molecular formula is C20H17N5O3. The maximum atomic E-state index is 12.4. The van der Waals surface area contributed by atoms with Crippen molar-refractivity contribution in [1.29, 1.82) is 0 Å².